The first-order chi connectivity index (χ1) is 9.88. The maximum Gasteiger partial charge on any atom is 0.152 e. The molecule has 3 heteroatoms. The zero-order chi connectivity index (χ0) is 13.8. The number of rotatable bonds is 1. The Bertz CT molecular complexity index is 812. The van der Waals surface area contributed by atoms with Crippen molar-refractivity contribution in [2.24, 2.45) is 0 Å². The van der Waals surface area contributed by atoms with Crippen molar-refractivity contribution in [3.63, 3.8) is 0 Å². The standard InChI is InChI=1S/C9H7NO.C8H7N/c11-6-7-5-10-9-4-2-1-3-8(7)9;1-2-4-8-7(3-1)5-6-9-8/h1-6,10H;1-6,9H. The van der Waals surface area contributed by atoms with Crippen LogP contribution in [0.15, 0.2) is 67.0 Å². The van der Waals surface area contributed by atoms with Crippen LogP contribution < -0.4 is 0 Å². The van der Waals surface area contributed by atoms with Crippen molar-refractivity contribution in [3.05, 3.63) is 72.6 Å². The van der Waals surface area contributed by atoms with Crippen LogP contribution in [0, 0.1) is 0 Å². The minimum Gasteiger partial charge on any atom is -0.361 e. The lowest BCUT2D eigenvalue weighted by molar-refractivity contribution is 0.112. The van der Waals surface area contributed by atoms with E-state index in [1.807, 2.05) is 42.6 Å². The number of aromatic amines is 2. The zero-order valence-corrected chi connectivity index (χ0v) is 10.8. The smallest absolute Gasteiger partial charge is 0.152 e. The van der Waals surface area contributed by atoms with Gasteiger partial charge in [0.1, 0.15) is 0 Å². The number of H-pyrrole nitrogens is 2. The molecule has 98 valence electrons. The zero-order valence-electron chi connectivity index (χ0n) is 10.8. The molecule has 2 N–H and O–H groups in total. The number of hydrogen-bond donors (Lipinski definition) is 2. The summed E-state index contributed by atoms with van der Waals surface area (Å²) >= 11 is 0. The fourth-order valence-corrected chi connectivity index (χ4v) is 2.19. The molecule has 0 unspecified atom stereocenters. The molecule has 0 bridgehead atoms. The first-order valence-electron chi connectivity index (χ1n) is 6.42. The van der Waals surface area contributed by atoms with Gasteiger partial charge in [0.25, 0.3) is 0 Å². The van der Waals surface area contributed by atoms with Crippen LogP contribution in [0.5, 0.6) is 0 Å². The van der Waals surface area contributed by atoms with E-state index in [0.29, 0.717) is 0 Å². The number of fused-ring (bicyclic) bond motifs is 2. The topological polar surface area (TPSA) is 48.6 Å². The van der Waals surface area contributed by atoms with Crippen LogP contribution in [0.2, 0.25) is 0 Å². The molecular formula is C17H14N2O. The molecule has 0 fully saturated rings. The average molecular weight is 262 g/mol. The van der Waals surface area contributed by atoms with Crippen molar-refractivity contribution in [2.45, 2.75) is 0 Å². The lowest BCUT2D eigenvalue weighted by Gasteiger charge is -1.86. The number of aldehydes is 1. The van der Waals surface area contributed by atoms with Gasteiger partial charge in [-0.25, -0.2) is 0 Å². The van der Waals surface area contributed by atoms with E-state index in [-0.39, 0.29) is 0 Å². The second-order valence-corrected chi connectivity index (χ2v) is 4.47. The summed E-state index contributed by atoms with van der Waals surface area (Å²) in [6, 6.07) is 18.0. The van der Waals surface area contributed by atoms with E-state index in [0.717, 1.165) is 22.8 Å². The van der Waals surface area contributed by atoms with E-state index in [1.54, 1.807) is 6.20 Å². The quantitative estimate of drug-likeness (QED) is 0.497. The molecule has 2 aromatic carbocycles. The van der Waals surface area contributed by atoms with Gasteiger partial charge in [-0.05, 0) is 23.6 Å². The van der Waals surface area contributed by atoms with Gasteiger partial charge in [-0.3, -0.25) is 4.79 Å². The average Bonchev–Trinajstić information content (AvgIpc) is 3.14. The van der Waals surface area contributed by atoms with Gasteiger partial charge in [0.15, 0.2) is 6.29 Å². The Balaban J connectivity index is 0.000000123. The molecule has 0 spiro atoms. The Kier molecular flexibility index (Phi) is 3.33. The molecule has 2 heterocycles. The molecule has 4 aromatic rings. The summed E-state index contributed by atoms with van der Waals surface area (Å²) in [6.45, 7) is 0. The molecule has 3 nitrogen and oxygen atoms in total. The van der Waals surface area contributed by atoms with Gasteiger partial charge in [-0.15, -0.1) is 0 Å². The van der Waals surface area contributed by atoms with Crippen LogP contribution in [0.4, 0.5) is 0 Å². The van der Waals surface area contributed by atoms with E-state index in [9.17, 15) is 4.79 Å². The summed E-state index contributed by atoms with van der Waals surface area (Å²) < 4.78 is 0. The Labute approximate surface area is 116 Å². The second kappa shape index (κ2) is 5.45. The lowest BCUT2D eigenvalue weighted by atomic mass is 10.2. The maximum atomic E-state index is 10.5. The molecule has 0 amide bonds. The number of carbonyl (C=O) groups is 1. The van der Waals surface area contributed by atoms with E-state index in [1.165, 1.54) is 10.9 Å². The summed E-state index contributed by atoms with van der Waals surface area (Å²) in [5.74, 6) is 0. The SMILES string of the molecule is O=Cc1c[nH]c2ccccc12.c1ccc2[nH]ccc2c1. The van der Waals surface area contributed by atoms with Gasteiger partial charge >= 0.3 is 0 Å². The molecule has 2 aromatic heterocycles. The molecule has 0 aliphatic carbocycles. The van der Waals surface area contributed by atoms with Crippen LogP contribution in [0.25, 0.3) is 21.8 Å². The van der Waals surface area contributed by atoms with Gasteiger partial charge < -0.3 is 9.97 Å². The maximum absolute atomic E-state index is 10.5. The lowest BCUT2D eigenvalue weighted by Crippen LogP contribution is -1.72. The highest BCUT2D eigenvalue weighted by Gasteiger charge is 1.98. The van der Waals surface area contributed by atoms with Gasteiger partial charge in [-0.1, -0.05) is 36.4 Å². The molecule has 0 saturated carbocycles. The van der Waals surface area contributed by atoms with Gasteiger partial charge in [0, 0.05) is 34.4 Å². The molecular weight excluding hydrogens is 248 g/mol. The number of hydrogen-bond acceptors (Lipinski definition) is 1. The van der Waals surface area contributed by atoms with Crippen LogP contribution in [0.1, 0.15) is 10.4 Å². The first kappa shape index (κ1) is 12.2. The minimum absolute atomic E-state index is 0.723. The van der Waals surface area contributed by atoms with Crippen LogP contribution in [-0.2, 0) is 0 Å². The molecule has 20 heavy (non-hydrogen) atoms. The Morgan fingerprint density at radius 1 is 0.800 bits per heavy atom. The fraction of sp³-hybridized carbons (Fsp3) is 0. The number of para-hydroxylation sites is 2. The molecule has 4 rings (SSSR count). The summed E-state index contributed by atoms with van der Waals surface area (Å²) in [5.41, 5.74) is 2.94. The van der Waals surface area contributed by atoms with Crippen molar-refractivity contribution in [1.29, 1.82) is 0 Å². The minimum atomic E-state index is 0.723. The van der Waals surface area contributed by atoms with E-state index >= 15 is 0 Å². The highest BCUT2D eigenvalue weighted by molar-refractivity contribution is 5.96. The van der Waals surface area contributed by atoms with Gasteiger partial charge in [0.05, 0.1) is 0 Å². The Morgan fingerprint density at radius 3 is 2.35 bits per heavy atom. The Morgan fingerprint density at radius 2 is 1.55 bits per heavy atom. The van der Waals surface area contributed by atoms with Gasteiger partial charge in [0.2, 0.25) is 0 Å². The monoisotopic (exact) mass is 262 g/mol. The van der Waals surface area contributed by atoms with Crippen molar-refractivity contribution in [1.82, 2.24) is 9.97 Å². The molecule has 0 atom stereocenters. The Hall–Kier alpha value is -2.81. The van der Waals surface area contributed by atoms with Crippen molar-refractivity contribution in [3.8, 4) is 0 Å². The van der Waals surface area contributed by atoms with Crippen molar-refractivity contribution >= 4 is 28.1 Å². The van der Waals surface area contributed by atoms with E-state index < -0.39 is 0 Å². The molecule has 0 aliphatic heterocycles. The van der Waals surface area contributed by atoms with Crippen LogP contribution in [0.3, 0.4) is 0 Å². The fourth-order valence-electron chi connectivity index (χ4n) is 2.19. The highest BCUT2D eigenvalue weighted by Crippen LogP contribution is 2.15. The number of benzene rings is 2. The second-order valence-electron chi connectivity index (χ2n) is 4.47. The number of carbonyl (C=O) groups excluding carboxylic acids is 1. The third kappa shape index (κ3) is 2.34. The van der Waals surface area contributed by atoms with Crippen LogP contribution in [-0.4, -0.2) is 16.3 Å². The third-order valence-corrected chi connectivity index (χ3v) is 3.21. The number of nitrogens with one attached hydrogen (secondary N) is 2. The van der Waals surface area contributed by atoms with E-state index in [2.05, 4.69) is 28.2 Å². The molecule has 0 saturated heterocycles. The predicted octanol–water partition coefficient (Wildman–Crippen LogP) is 4.15. The third-order valence-electron chi connectivity index (χ3n) is 3.21. The van der Waals surface area contributed by atoms with Crippen molar-refractivity contribution in [2.75, 3.05) is 0 Å². The van der Waals surface area contributed by atoms with Crippen molar-refractivity contribution < 1.29 is 4.79 Å². The summed E-state index contributed by atoms with van der Waals surface area (Å²) in [4.78, 5) is 16.6. The summed E-state index contributed by atoms with van der Waals surface area (Å²) in [5, 5.41) is 2.26. The normalized spacial score (nSPS) is 10.2. The van der Waals surface area contributed by atoms with Crippen LogP contribution >= 0.6 is 0 Å². The van der Waals surface area contributed by atoms with E-state index in [4.69, 9.17) is 0 Å². The highest BCUT2D eigenvalue weighted by atomic mass is 16.1. The summed E-state index contributed by atoms with van der Waals surface area (Å²) in [6.07, 6.45) is 4.53. The van der Waals surface area contributed by atoms with Gasteiger partial charge in [-0.2, -0.15) is 0 Å². The molecule has 0 aliphatic rings. The number of aromatic nitrogens is 2. The molecule has 0 radical (unpaired) electrons. The first-order valence-corrected chi connectivity index (χ1v) is 6.42. The summed E-state index contributed by atoms with van der Waals surface area (Å²) in [7, 11) is 0. The largest absolute Gasteiger partial charge is 0.361 e. The predicted molar refractivity (Wildman–Crippen MR) is 82.0 cm³/mol.